The summed E-state index contributed by atoms with van der Waals surface area (Å²) < 4.78 is 2.17. The van der Waals surface area contributed by atoms with Crippen molar-refractivity contribution < 1.29 is 0 Å². The summed E-state index contributed by atoms with van der Waals surface area (Å²) in [5.74, 6) is 1.03. The minimum atomic E-state index is 0.526. The molecule has 0 amide bonds. The van der Waals surface area contributed by atoms with Gasteiger partial charge in [-0.3, -0.25) is 0 Å². The monoisotopic (exact) mass is 277 g/mol. The van der Waals surface area contributed by atoms with Crippen molar-refractivity contribution in [1.29, 1.82) is 0 Å². The molecule has 3 aromatic rings. The second kappa shape index (κ2) is 4.71. The van der Waals surface area contributed by atoms with Crippen molar-refractivity contribution in [2.45, 2.75) is 25.8 Å². The number of nitrogens with two attached hydrogens (primary N) is 1. The molecule has 106 valence electrons. The average molecular weight is 277 g/mol. The third-order valence-corrected chi connectivity index (χ3v) is 4.57. The number of para-hydroxylation sites is 1. The molecule has 4 rings (SSSR count). The van der Waals surface area contributed by atoms with Gasteiger partial charge in [0.15, 0.2) is 0 Å². The Morgan fingerprint density at radius 2 is 2.00 bits per heavy atom. The van der Waals surface area contributed by atoms with Crippen LogP contribution >= 0.6 is 0 Å². The Morgan fingerprint density at radius 1 is 1.14 bits per heavy atom. The highest BCUT2D eigenvalue weighted by atomic mass is 15.1. The minimum absolute atomic E-state index is 0.526. The van der Waals surface area contributed by atoms with Crippen molar-refractivity contribution in [2.75, 3.05) is 0 Å². The first-order valence-corrected chi connectivity index (χ1v) is 7.54. The molecule has 3 heteroatoms. The van der Waals surface area contributed by atoms with Crippen molar-refractivity contribution in [3.05, 3.63) is 53.1 Å². The van der Waals surface area contributed by atoms with E-state index in [0.29, 0.717) is 6.54 Å². The highest BCUT2D eigenvalue weighted by Gasteiger charge is 2.15. The smallest absolute Gasteiger partial charge is 0.140 e. The van der Waals surface area contributed by atoms with Crippen LogP contribution in [0.1, 0.15) is 23.1 Å². The van der Waals surface area contributed by atoms with Crippen LogP contribution in [-0.2, 0) is 26.4 Å². The molecule has 0 unspecified atom stereocenters. The lowest BCUT2D eigenvalue weighted by molar-refractivity contribution is 0.911. The third kappa shape index (κ3) is 1.88. The van der Waals surface area contributed by atoms with E-state index in [9.17, 15) is 0 Å². The predicted molar refractivity (Wildman–Crippen MR) is 86.1 cm³/mol. The van der Waals surface area contributed by atoms with Gasteiger partial charge >= 0.3 is 0 Å². The Kier molecular flexibility index (Phi) is 2.82. The SMILES string of the molecule is Cn1c(-c2ccc3c(c2)CCC3)nc2c(CN)cccc21. The number of rotatable bonds is 2. The van der Waals surface area contributed by atoms with Gasteiger partial charge in [-0.15, -0.1) is 0 Å². The topological polar surface area (TPSA) is 43.8 Å². The molecule has 21 heavy (non-hydrogen) atoms. The first-order chi connectivity index (χ1) is 10.3. The van der Waals surface area contributed by atoms with Gasteiger partial charge < -0.3 is 10.3 Å². The molecule has 0 fully saturated rings. The van der Waals surface area contributed by atoms with Crippen molar-refractivity contribution in [2.24, 2.45) is 12.8 Å². The number of nitrogens with zero attached hydrogens (tertiary/aromatic N) is 2. The fourth-order valence-corrected chi connectivity index (χ4v) is 3.41. The highest BCUT2D eigenvalue weighted by molar-refractivity contribution is 5.83. The summed E-state index contributed by atoms with van der Waals surface area (Å²) in [6, 6.07) is 13.0. The maximum atomic E-state index is 5.84. The van der Waals surface area contributed by atoms with Crippen LogP contribution in [0.2, 0.25) is 0 Å². The average Bonchev–Trinajstić information content (AvgIpc) is 3.11. The third-order valence-electron chi connectivity index (χ3n) is 4.57. The molecule has 3 nitrogen and oxygen atoms in total. The second-order valence-corrected chi connectivity index (χ2v) is 5.82. The van der Waals surface area contributed by atoms with E-state index in [-0.39, 0.29) is 0 Å². The Bertz CT molecular complexity index is 830. The van der Waals surface area contributed by atoms with Gasteiger partial charge in [-0.25, -0.2) is 4.98 Å². The van der Waals surface area contributed by atoms with Crippen LogP contribution in [0.4, 0.5) is 0 Å². The van der Waals surface area contributed by atoms with Gasteiger partial charge in [-0.05, 0) is 48.1 Å². The fraction of sp³-hybridized carbons (Fsp3) is 0.278. The molecule has 1 heterocycles. The predicted octanol–water partition coefficient (Wildman–Crippen LogP) is 3.19. The summed E-state index contributed by atoms with van der Waals surface area (Å²) in [4.78, 5) is 4.86. The zero-order valence-corrected chi connectivity index (χ0v) is 12.3. The lowest BCUT2D eigenvalue weighted by Gasteiger charge is -2.05. The molecule has 0 radical (unpaired) electrons. The van der Waals surface area contributed by atoms with E-state index in [2.05, 4.69) is 48.0 Å². The lowest BCUT2D eigenvalue weighted by atomic mass is 10.1. The maximum Gasteiger partial charge on any atom is 0.140 e. The Balaban J connectivity index is 1.92. The van der Waals surface area contributed by atoms with Gasteiger partial charge in [0.1, 0.15) is 5.82 Å². The fourth-order valence-electron chi connectivity index (χ4n) is 3.41. The van der Waals surface area contributed by atoms with Crippen LogP contribution in [0.15, 0.2) is 36.4 Å². The minimum Gasteiger partial charge on any atom is -0.327 e. The second-order valence-electron chi connectivity index (χ2n) is 5.82. The van der Waals surface area contributed by atoms with E-state index in [1.165, 1.54) is 36.0 Å². The zero-order valence-electron chi connectivity index (χ0n) is 12.3. The molecule has 1 aromatic heterocycles. The molecule has 2 aromatic carbocycles. The molecule has 0 atom stereocenters. The molecule has 0 saturated heterocycles. The summed E-state index contributed by atoms with van der Waals surface area (Å²) in [6.45, 7) is 0.526. The maximum absolute atomic E-state index is 5.84. The van der Waals surface area contributed by atoms with Gasteiger partial charge in [-0.2, -0.15) is 0 Å². The molecule has 0 spiro atoms. The number of fused-ring (bicyclic) bond motifs is 2. The number of benzene rings is 2. The highest BCUT2D eigenvalue weighted by Crippen LogP contribution is 2.30. The summed E-state index contributed by atoms with van der Waals surface area (Å²) >= 11 is 0. The van der Waals surface area contributed by atoms with Crippen LogP contribution in [0, 0.1) is 0 Å². The number of aryl methyl sites for hydroxylation is 3. The molecular formula is C18H19N3. The Hall–Kier alpha value is -2.13. The quantitative estimate of drug-likeness (QED) is 0.782. The first kappa shape index (κ1) is 12.6. The zero-order chi connectivity index (χ0) is 14.4. The van der Waals surface area contributed by atoms with E-state index in [1.807, 2.05) is 0 Å². The van der Waals surface area contributed by atoms with E-state index in [0.717, 1.165) is 22.4 Å². The summed E-state index contributed by atoms with van der Waals surface area (Å²) in [5.41, 5.74) is 13.3. The van der Waals surface area contributed by atoms with Gasteiger partial charge in [0, 0.05) is 19.2 Å². The number of hydrogen-bond acceptors (Lipinski definition) is 2. The molecule has 0 aliphatic heterocycles. The van der Waals surface area contributed by atoms with Gasteiger partial charge in [0.2, 0.25) is 0 Å². The largest absolute Gasteiger partial charge is 0.327 e. The first-order valence-electron chi connectivity index (χ1n) is 7.54. The van der Waals surface area contributed by atoms with E-state index in [1.54, 1.807) is 0 Å². The van der Waals surface area contributed by atoms with Gasteiger partial charge in [0.05, 0.1) is 11.0 Å². The van der Waals surface area contributed by atoms with Gasteiger partial charge in [0.25, 0.3) is 0 Å². The van der Waals surface area contributed by atoms with Crippen molar-refractivity contribution in [3.8, 4) is 11.4 Å². The molecule has 0 bridgehead atoms. The van der Waals surface area contributed by atoms with E-state index in [4.69, 9.17) is 10.7 Å². The van der Waals surface area contributed by atoms with Crippen LogP contribution < -0.4 is 5.73 Å². The standard InChI is InChI=1S/C18H19N3/c1-21-16-7-3-6-15(11-19)17(16)20-18(21)14-9-8-12-4-2-5-13(12)10-14/h3,6-10H,2,4-5,11,19H2,1H3. The van der Waals surface area contributed by atoms with E-state index < -0.39 is 0 Å². The summed E-state index contributed by atoms with van der Waals surface area (Å²) in [5, 5.41) is 0. The van der Waals surface area contributed by atoms with Crippen molar-refractivity contribution in [3.63, 3.8) is 0 Å². The number of hydrogen-bond donors (Lipinski definition) is 1. The summed E-state index contributed by atoms with van der Waals surface area (Å²) in [6.07, 6.45) is 3.69. The number of aromatic nitrogens is 2. The van der Waals surface area contributed by atoms with Crippen LogP contribution in [0.5, 0.6) is 0 Å². The van der Waals surface area contributed by atoms with Crippen molar-refractivity contribution in [1.82, 2.24) is 9.55 Å². The Labute approximate surface area is 124 Å². The number of imidazole rings is 1. The molecule has 1 aliphatic carbocycles. The van der Waals surface area contributed by atoms with Crippen LogP contribution in [-0.4, -0.2) is 9.55 Å². The molecule has 1 aliphatic rings. The lowest BCUT2D eigenvalue weighted by Crippen LogP contribution is -1.97. The normalized spacial score (nSPS) is 13.8. The van der Waals surface area contributed by atoms with Crippen LogP contribution in [0.3, 0.4) is 0 Å². The van der Waals surface area contributed by atoms with E-state index >= 15 is 0 Å². The summed E-state index contributed by atoms with van der Waals surface area (Å²) in [7, 11) is 2.08. The molecule has 0 saturated carbocycles. The van der Waals surface area contributed by atoms with Crippen LogP contribution in [0.25, 0.3) is 22.4 Å². The van der Waals surface area contributed by atoms with Gasteiger partial charge in [-0.1, -0.05) is 24.3 Å². The molecular weight excluding hydrogens is 258 g/mol. The Morgan fingerprint density at radius 3 is 2.86 bits per heavy atom. The van der Waals surface area contributed by atoms with Crippen molar-refractivity contribution >= 4 is 11.0 Å². The molecule has 2 N–H and O–H groups in total.